The summed E-state index contributed by atoms with van der Waals surface area (Å²) in [7, 11) is 0. The Kier molecular flexibility index (Phi) is 3.29. The smallest absolute Gasteiger partial charge is 0.195 e. The van der Waals surface area contributed by atoms with Crippen LogP contribution in [-0.4, -0.2) is 26.0 Å². The molecule has 3 rings (SSSR count). The van der Waals surface area contributed by atoms with Crippen molar-refractivity contribution in [1.29, 1.82) is 0 Å². The third-order valence-corrected chi connectivity index (χ3v) is 3.38. The summed E-state index contributed by atoms with van der Waals surface area (Å²) in [5, 5.41) is 9.39. The highest BCUT2D eigenvalue weighted by atomic mass is 32.2. The first-order valence-corrected chi connectivity index (χ1v) is 7.08. The predicted octanol–water partition coefficient (Wildman–Crippen LogP) is 3.05. The van der Waals surface area contributed by atoms with E-state index in [0.29, 0.717) is 0 Å². The van der Waals surface area contributed by atoms with Gasteiger partial charge in [-0.2, -0.15) is 0 Å². The van der Waals surface area contributed by atoms with Crippen LogP contribution in [0.25, 0.3) is 17.1 Å². The van der Waals surface area contributed by atoms with Crippen LogP contribution < -0.4 is 0 Å². The second-order valence-corrected chi connectivity index (χ2v) is 4.70. The zero-order chi connectivity index (χ0) is 13.1. The fraction of sp³-hybridized carbons (Fsp3) is 0.0714. The fourth-order valence-corrected chi connectivity index (χ4v) is 2.39. The summed E-state index contributed by atoms with van der Waals surface area (Å²) in [6.45, 7) is 0. The number of aromatic nitrogens is 4. The van der Waals surface area contributed by atoms with Crippen molar-refractivity contribution in [1.82, 2.24) is 19.7 Å². The number of nitrogens with zero attached hydrogens (tertiary/aromatic N) is 4. The molecule has 0 unspecified atom stereocenters. The molecule has 0 amide bonds. The van der Waals surface area contributed by atoms with Crippen LogP contribution >= 0.6 is 11.8 Å². The number of thioether (sulfide) groups is 1. The Morgan fingerprint density at radius 3 is 2.53 bits per heavy atom. The first-order chi connectivity index (χ1) is 9.40. The maximum Gasteiger partial charge on any atom is 0.195 e. The molecule has 0 aliphatic carbocycles. The van der Waals surface area contributed by atoms with Gasteiger partial charge < -0.3 is 0 Å². The van der Waals surface area contributed by atoms with Crippen molar-refractivity contribution in [3.8, 4) is 17.1 Å². The number of benzene rings is 1. The van der Waals surface area contributed by atoms with Gasteiger partial charge in [-0.1, -0.05) is 30.0 Å². The third kappa shape index (κ3) is 2.24. The molecule has 19 heavy (non-hydrogen) atoms. The highest BCUT2D eigenvalue weighted by molar-refractivity contribution is 7.98. The number of para-hydroxylation sites is 1. The monoisotopic (exact) mass is 268 g/mol. The molecule has 2 aromatic heterocycles. The molecular weight excluding hydrogens is 256 g/mol. The summed E-state index contributed by atoms with van der Waals surface area (Å²) >= 11 is 1.57. The molecule has 0 aliphatic rings. The van der Waals surface area contributed by atoms with E-state index < -0.39 is 0 Å². The Morgan fingerprint density at radius 2 is 1.84 bits per heavy atom. The van der Waals surface area contributed by atoms with E-state index in [-0.39, 0.29) is 0 Å². The van der Waals surface area contributed by atoms with E-state index in [2.05, 4.69) is 15.2 Å². The van der Waals surface area contributed by atoms with Crippen molar-refractivity contribution in [2.45, 2.75) is 5.16 Å². The summed E-state index contributed by atoms with van der Waals surface area (Å²) < 4.78 is 2.04. The van der Waals surface area contributed by atoms with Gasteiger partial charge >= 0.3 is 0 Å². The summed E-state index contributed by atoms with van der Waals surface area (Å²) in [6, 6.07) is 14.0. The molecule has 0 fully saturated rings. The van der Waals surface area contributed by atoms with Gasteiger partial charge in [0, 0.05) is 23.6 Å². The molecule has 2 heterocycles. The Morgan fingerprint density at radius 1 is 1.00 bits per heavy atom. The third-order valence-electron chi connectivity index (χ3n) is 2.75. The number of pyridine rings is 1. The van der Waals surface area contributed by atoms with Gasteiger partial charge in [0.25, 0.3) is 0 Å². The fourth-order valence-electron chi connectivity index (χ4n) is 1.89. The molecular formula is C14H12N4S. The van der Waals surface area contributed by atoms with Gasteiger partial charge in [0.05, 0.1) is 0 Å². The first kappa shape index (κ1) is 11.9. The molecule has 0 saturated heterocycles. The molecule has 4 nitrogen and oxygen atoms in total. The van der Waals surface area contributed by atoms with Gasteiger partial charge in [0.2, 0.25) is 0 Å². The van der Waals surface area contributed by atoms with Gasteiger partial charge in [-0.15, -0.1) is 10.2 Å². The molecule has 0 spiro atoms. The van der Waals surface area contributed by atoms with E-state index >= 15 is 0 Å². The van der Waals surface area contributed by atoms with Crippen LogP contribution in [0.1, 0.15) is 0 Å². The Hall–Kier alpha value is -2.14. The SMILES string of the molecule is CSc1nnc(-c2cccnc2)n1-c1ccccc1. The van der Waals surface area contributed by atoms with Crippen LogP contribution in [0.15, 0.2) is 60.0 Å². The first-order valence-electron chi connectivity index (χ1n) is 5.85. The lowest BCUT2D eigenvalue weighted by Crippen LogP contribution is -1.99. The lowest BCUT2D eigenvalue weighted by atomic mass is 10.2. The van der Waals surface area contributed by atoms with Crippen LogP contribution in [0.5, 0.6) is 0 Å². The number of hydrogen-bond donors (Lipinski definition) is 0. The maximum absolute atomic E-state index is 4.29. The van der Waals surface area contributed by atoms with Gasteiger partial charge in [-0.25, -0.2) is 0 Å². The molecule has 0 bridgehead atoms. The summed E-state index contributed by atoms with van der Waals surface area (Å²) in [5.41, 5.74) is 2.01. The van der Waals surface area contributed by atoms with E-state index in [4.69, 9.17) is 0 Å². The molecule has 94 valence electrons. The average Bonchev–Trinajstić information content (AvgIpc) is 2.93. The van der Waals surface area contributed by atoms with Crippen molar-refractivity contribution < 1.29 is 0 Å². The van der Waals surface area contributed by atoms with E-state index in [1.54, 1.807) is 24.2 Å². The van der Waals surface area contributed by atoms with Crippen molar-refractivity contribution >= 4 is 11.8 Å². The van der Waals surface area contributed by atoms with Crippen LogP contribution in [0, 0.1) is 0 Å². The topological polar surface area (TPSA) is 43.6 Å². The Bertz CT molecular complexity index is 664. The number of rotatable bonds is 3. The van der Waals surface area contributed by atoms with E-state index in [1.807, 2.05) is 53.3 Å². The number of hydrogen-bond acceptors (Lipinski definition) is 4. The predicted molar refractivity (Wildman–Crippen MR) is 76.4 cm³/mol. The Balaban J connectivity index is 2.20. The highest BCUT2D eigenvalue weighted by Crippen LogP contribution is 2.25. The lowest BCUT2D eigenvalue weighted by Gasteiger charge is -2.08. The molecule has 0 saturated carbocycles. The van der Waals surface area contributed by atoms with Crippen LogP contribution in [-0.2, 0) is 0 Å². The van der Waals surface area contributed by atoms with Gasteiger partial charge in [-0.05, 0) is 30.5 Å². The molecule has 0 N–H and O–H groups in total. The van der Waals surface area contributed by atoms with Crippen molar-refractivity contribution in [2.24, 2.45) is 0 Å². The highest BCUT2D eigenvalue weighted by Gasteiger charge is 2.14. The second-order valence-electron chi connectivity index (χ2n) is 3.92. The molecule has 0 radical (unpaired) electrons. The average molecular weight is 268 g/mol. The summed E-state index contributed by atoms with van der Waals surface area (Å²) in [4.78, 5) is 4.14. The van der Waals surface area contributed by atoms with Crippen molar-refractivity contribution in [2.75, 3.05) is 6.26 Å². The normalized spacial score (nSPS) is 10.6. The zero-order valence-electron chi connectivity index (χ0n) is 10.4. The molecule has 3 aromatic rings. The molecule has 5 heteroatoms. The van der Waals surface area contributed by atoms with Gasteiger partial charge in [0.1, 0.15) is 0 Å². The minimum Gasteiger partial charge on any atom is -0.270 e. The lowest BCUT2D eigenvalue weighted by molar-refractivity contribution is 0.888. The van der Waals surface area contributed by atoms with Gasteiger partial charge in [-0.3, -0.25) is 9.55 Å². The van der Waals surface area contributed by atoms with E-state index in [0.717, 1.165) is 22.2 Å². The van der Waals surface area contributed by atoms with E-state index in [9.17, 15) is 0 Å². The summed E-state index contributed by atoms with van der Waals surface area (Å²) in [5.74, 6) is 0.809. The maximum atomic E-state index is 4.29. The van der Waals surface area contributed by atoms with Gasteiger partial charge in [0.15, 0.2) is 11.0 Å². The second kappa shape index (κ2) is 5.24. The molecule has 0 atom stereocenters. The minimum absolute atomic E-state index is 0.809. The van der Waals surface area contributed by atoms with Crippen LogP contribution in [0.2, 0.25) is 0 Å². The van der Waals surface area contributed by atoms with Crippen molar-refractivity contribution in [3.05, 3.63) is 54.9 Å². The minimum atomic E-state index is 0.809. The Labute approximate surface area is 115 Å². The molecule has 0 aliphatic heterocycles. The van der Waals surface area contributed by atoms with E-state index in [1.165, 1.54) is 0 Å². The summed E-state index contributed by atoms with van der Waals surface area (Å²) in [6.07, 6.45) is 5.55. The molecule has 1 aromatic carbocycles. The van der Waals surface area contributed by atoms with Crippen molar-refractivity contribution in [3.63, 3.8) is 0 Å². The van der Waals surface area contributed by atoms with Crippen LogP contribution in [0.4, 0.5) is 0 Å². The standard InChI is InChI=1S/C14H12N4S/c1-19-14-17-16-13(11-6-5-9-15-10-11)18(14)12-7-3-2-4-8-12/h2-10H,1H3. The zero-order valence-corrected chi connectivity index (χ0v) is 11.2. The quantitative estimate of drug-likeness (QED) is 0.685. The largest absolute Gasteiger partial charge is 0.270 e. The van der Waals surface area contributed by atoms with Crippen LogP contribution in [0.3, 0.4) is 0 Å².